The van der Waals surface area contributed by atoms with Crippen molar-refractivity contribution >= 4 is 0 Å². The highest BCUT2D eigenvalue weighted by Crippen LogP contribution is 1.72. The second-order valence-corrected chi connectivity index (χ2v) is 0.997. The predicted molar refractivity (Wildman–Crippen MR) is 28.4 cm³/mol. The molecule has 0 fully saturated rings. The van der Waals surface area contributed by atoms with E-state index in [1.165, 1.54) is 0 Å². The van der Waals surface area contributed by atoms with Crippen LogP contribution in [0.25, 0.3) is 0 Å². The molecular formula is C4H7N4+. The largest absolute Gasteiger partial charge is 0.368 e. The first-order valence-electron chi connectivity index (χ1n) is 2.02. The molecule has 0 bridgehead atoms. The second kappa shape index (κ2) is 5.59. The predicted octanol–water partition coefficient (Wildman–Crippen LogP) is 1.13. The highest BCUT2D eigenvalue weighted by atomic mass is 15.0. The summed E-state index contributed by atoms with van der Waals surface area (Å²) in [5.74, 6) is 0. The van der Waals surface area contributed by atoms with Crippen LogP contribution in [0, 0.1) is 11.1 Å². The molecule has 1 aromatic heterocycles. The normalized spacial score (nSPS) is 6.00. The van der Waals surface area contributed by atoms with E-state index < -0.39 is 0 Å². The average Bonchev–Trinajstić information content (AvgIpc) is 2.17. The van der Waals surface area contributed by atoms with Gasteiger partial charge >= 0.3 is 0 Å². The van der Waals surface area contributed by atoms with Gasteiger partial charge in [0, 0.05) is 12.4 Å². The van der Waals surface area contributed by atoms with Crippen molar-refractivity contribution < 1.29 is 0 Å². The van der Waals surface area contributed by atoms with Crippen LogP contribution in [0.4, 0.5) is 0 Å². The van der Waals surface area contributed by atoms with E-state index in [4.69, 9.17) is 11.1 Å². The lowest BCUT2D eigenvalue weighted by molar-refractivity contribution is 0.928. The van der Waals surface area contributed by atoms with Gasteiger partial charge in [0.2, 0.25) is 4.91 Å². The zero-order valence-corrected chi connectivity index (χ0v) is 4.26. The first-order valence-corrected chi connectivity index (χ1v) is 2.02. The molecule has 1 aromatic rings. The number of rotatable bonds is 0. The molecule has 0 atom stereocenters. The van der Waals surface area contributed by atoms with Crippen LogP contribution in [0.3, 0.4) is 0 Å². The summed E-state index contributed by atoms with van der Waals surface area (Å²) in [7, 11) is 0. The molecule has 0 amide bonds. The van der Waals surface area contributed by atoms with E-state index in [1.54, 1.807) is 0 Å². The minimum absolute atomic E-state index is 1.88. The zero-order valence-electron chi connectivity index (χ0n) is 4.26. The Labute approximate surface area is 46.6 Å². The van der Waals surface area contributed by atoms with Crippen molar-refractivity contribution in [2.45, 2.75) is 0 Å². The van der Waals surface area contributed by atoms with Crippen molar-refractivity contribution in [2.24, 2.45) is 0 Å². The molecule has 0 aliphatic heterocycles. The maximum absolute atomic E-state index is 5.50. The monoisotopic (exact) mass is 111 g/mol. The standard InChI is InChI=1S/C4H5N.H2N3/c1-2-4-5-3-1;1-3-2/h1-5H;1-2H/q;+1. The van der Waals surface area contributed by atoms with Crippen molar-refractivity contribution in [1.82, 2.24) is 9.90 Å². The highest BCUT2D eigenvalue weighted by molar-refractivity contribution is 4.84. The van der Waals surface area contributed by atoms with E-state index in [0.717, 1.165) is 0 Å². The van der Waals surface area contributed by atoms with Crippen LogP contribution in [-0.4, -0.2) is 4.98 Å². The lowest BCUT2D eigenvalue weighted by Gasteiger charge is -1.49. The maximum atomic E-state index is 5.50. The van der Waals surface area contributed by atoms with Crippen LogP contribution in [0.1, 0.15) is 0 Å². The molecule has 4 nitrogen and oxygen atoms in total. The van der Waals surface area contributed by atoms with E-state index in [9.17, 15) is 0 Å². The lowest BCUT2D eigenvalue weighted by atomic mass is 10.7. The van der Waals surface area contributed by atoms with E-state index in [2.05, 4.69) is 4.98 Å². The van der Waals surface area contributed by atoms with Crippen LogP contribution in [0.2, 0.25) is 0 Å². The van der Waals surface area contributed by atoms with Gasteiger partial charge < -0.3 is 4.98 Å². The third-order valence-electron chi connectivity index (χ3n) is 0.496. The molecule has 0 aliphatic carbocycles. The Morgan fingerprint density at radius 1 is 1.12 bits per heavy atom. The van der Waals surface area contributed by atoms with Crippen LogP contribution in [0.5, 0.6) is 0 Å². The Morgan fingerprint density at radius 2 is 1.50 bits per heavy atom. The second-order valence-electron chi connectivity index (χ2n) is 0.997. The first-order chi connectivity index (χ1) is 3.91. The summed E-state index contributed by atoms with van der Waals surface area (Å²) >= 11 is 0. The molecule has 42 valence electrons. The van der Waals surface area contributed by atoms with Crippen molar-refractivity contribution in [3.05, 3.63) is 24.5 Å². The van der Waals surface area contributed by atoms with Crippen LogP contribution in [-0.2, 0) is 0 Å². The molecule has 1 heterocycles. The fourth-order valence-electron chi connectivity index (χ4n) is 0.278. The molecule has 0 spiro atoms. The Balaban J connectivity index is 0.000000145. The van der Waals surface area contributed by atoms with Crippen LogP contribution >= 0.6 is 0 Å². The van der Waals surface area contributed by atoms with E-state index in [-0.39, 0.29) is 0 Å². The molecule has 0 aliphatic rings. The van der Waals surface area contributed by atoms with Gasteiger partial charge in [-0.25, -0.2) is 0 Å². The number of aromatic nitrogens is 1. The molecule has 0 unspecified atom stereocenters. The SMILES string of the molecule is N=[N+]=N.c1cc[nH]c1. The van der Waals surface area contributed by atoms with Gasteiger partial charge in [-0.05, 0) is 12.1 Å². The molecule has 1 rings (SSSR count). The summed E-state index contributed by atoms with van der Waals surface area (Å²) in [5.41, 5.74) is 11.0. The molecule has 0 radical (unpaired) electrons. The summed E-state index contributed by atoms with van der Waals surface area (Å²) in [6.07, 6.45) is 3.75. The Kier molecular flexibility index (Phi) is 4.60. The van der Waals surface area contributed by atoms with Gasteiger partial charge in [0.25, 0.3) is 0 Å². The zero-order chi connectivity index (χ0) is 6.24. The first kappa shape index (κ1) is 6.59. The smallest absolute Gasteiger partial charge is 0.211 e. The maximum Gasteiger partial charge on any atom is 0.211 e. The van der Waals surface area contributed by atoms with Gasteiger partial charge in [-0.15, -0.1) is 0 Å². The van der Waals surface area contributed by atoms with E-state index >= 15 is 0 Å². The van der Waals surface area contributed by atoms with E-state index in [0.29, 0.717) is 0 Å². The quantitative estimate of drug-likeness (QED) is 0.331. The number of aromatic amines is 1. The molecule has 0 aromatic carbocycles. The van der Waals surface area contributed by atoms with Gasteiger partial charge in [0.05, 0.1) is 0 Å². The van der Waals surface area contributed by atoms with Gasteiger partial charge in [-0.3, -0.25) is 0 Å². The number of nitrogens with zero attached hydrogens (tertiary/aromatic N) is 1. The fraction of sp³-hybridized carbons (Fsp3) is 0. The summed E-state index contributed by atoms with van der Waals surface area (Å²) < 4.78 is 0. The van der Waals surface area contributed by atoms with Crippen molar-refractivity contribution in [3.63, 3.8) is 0 Å². The summed E-state index contributed by atoms with van der Waals surface area (Å²) in [4.78, 5) is 4.86. The molecule has 3 N–H and O–H groups in total. The topological polar surface area (TPSA) is 77.6 Å². The average molecular weight is 111 g/mol. The summed E-state index contributed by atoms with van der Waals surface area (Å²) in [5, 5.41) is 0. The van der Waals surface area contributed by atoms with E-state index in [1.807, 2.05) is 29.4 Å². The summed E-state index contributed by atoms with van der Waals surface area (Å²) in [6, 6.07) is 3.89. The lowest BCUT2D eigenvalue weighted by Crippen LogP contribution is -1.38. The van der Waals surface area contributed by atoms with Crippen molar-refractivity contribution in [2.75, 3.05) is 0 Å². The number of nitrogens with one attached hydrogen (secondary N) is 3. The third kappa shape index (κ3) is 4.59. The number of H-pyrrole nitrogens is 1. The molecule has 8 heavy (non-hydrogen) atoms. The number of hydrogen-bond acceptors (Lipinski definition) is 2. The minimum atomic E-state index is 1.88. The Morgan fingerprint density at radius 3 is 1.62 bits per heavy atom. The Bertz CT molecular complexity index is 120. The molecule has 4 heteroatoms. The van der Waals surface area contributed by atoms with Crippen LogP contribution < -0.4 is 4.91 Å². The highest BCUT2D eigenvalue weighted by Gasteiger charge is 1.55. The Hall–Kier alpha value is -1.41. The van der Waals surface area contributed by atoms with Crippen molar-refractivity contribution in [3.8, 4) is 0 Å². The summed E-state index contributed by atoms with van der Waals surface area (Å²) in [6.45, 7) is 0. The third-order valence-corrected chi connectivity index (χ3v) is 0.496. The minimum Gasteiger partial charge on any atom is -0.368 e. The van der Waals surface area contributed by atoms with Crippen LogP contribution in [0.15, 0.2) is 24.5 Å². The molecule has 0 saturated heterocycles. The number of hydrogen-bond donors (Lipinski definition) is 3. The molecule has 0 saturated carbocycles. The fourth-order valence-corrected chi connectivity index (χ4v) is 0.278. The van der Waals surface area contributed by atoms with Gasteiger partial charge in [0.1, 0.15) is 11.1 Å². The van der Waals surface area contributed by atoms with Gasteiger partial charge in [0.15, 0.2) is 0 Å². The molecular weight excluding hydrogens is 104 g/mol. The van der Waals surface area contributed by atoms with Gasteiger partial charge in [-0.2, -0.15) is 0 Å². The van der Waals surface area contributed by atoms with Gasteiger partial charge in [-0.1, -0.05) is 0 Å². The van der Waals surface area contributed by atoms with Crippen molar-refractivity contribution in [1.29, 1.82) is 11.1 Å².